The first-order valence-electron chi connectivity index (χ1n) is 6.29. The van der Waals surface area contributed by atoms with Crippen LogP contribution in [-0.2, 0) is 0 Å². The van der Waals surface area contributed by atoms with Crippen LogP contribution in [0.5, 0.6) is 0 Å². The summed E-state index contributed by atoms with van der Waals surface area (Å²) in [5.41, 5.74) is 2.49. The Kier molecular flexibility index (Phi) is 5.45. The highest BCUT2D eigenvalue weighted by atomic mass is 28.4. The van der Waals surface area contributed by atoms with E-state index in [1.54, 1.807) is 0 Å². The first kappa shape index (κ1) is 16.4. The molecular formula is C12H31NSi3. The Labute approximate surface area is 106 Å². The molecule has 0 radical (unpaired) electrons. The summed E-state index contributed by atoms with van der Waals surface area (Å²) < 4.78 is 2.83. The fourth-order valence-electron chi connectivity index (χ4n) is 2.07. The number of nitrogens with zero attached hydrogens (tertiary/aromatic N) is 1. The Morgan fingerprint density at radius 1 is 0.750 bits per heavy atom. The number of hydrogen-bond donors (Lipinski definition) is 0. The molecule has 0 bridgehead atoms. The van der Waals surface area contributed by atoms with Crippen LogP contribution < -0.4 is 0 Å². The van der Waals surface area contributed by atoms with Gasteiger partial charge in [0, 0.05) is 6.54 Å². The summed E-state index contributed by atoms with van der Waals surface area (Å²) in [4.78, 5) is 0. The second kappa shape index (κ2) is 5.33. The van der Waals surface area contributed by atoms with Crippen molar-refractivity contribution in [2.24, 2.45) is 0 Å². The van der Waals surface area contributed by atoms with E-state index in [-0.39, 0.29) is 0 Å². The lowest BCUT2D eigenvalue weighted by atomic mass is 10.7. The van der Waals surface area contributed by atoms with Gasteiger partial charge in [-0.25, -0.2) is 0 Å². The third kappa shape index (κ3) is 6.83. The SMILES string of the molecule is C[Si](C)(C)/C=C\CN([Si](C)(C)C)[Si](C)(C)C. The van der Waals surface area contributed by atoms with E-state index in [1.165, 1.54) is 6.54 Å². The standard InChI is InChI=1S/C12H31NSi3/c1-14(2,3)12-10-11-13(15(4,5)6)16(7,8)9/h10,12H,11H2,1-9H3/b12-10-. The predicted octanol–water partition coefficient (Wildman–Crippen LogP) is 4.39. The third-order valence-corrected chi connectivity index (χ3v) is 11.4. The van der Waals surface area contributed by atoms with E-state index in [1.807, 2.05) is 0 Å². The van der Waals surface area contributed by atoms with Crippen LogP contribution in [0.15, 0.2) is 11.8 Å². The summed E-state index contributed by atoms with van der Waals surface area (Å²) in [5, 5.41) is 0. The average Bonchev–Trinajstić information content (AvgIpc) is 1.90. The van der Waals surface area contributed by atoms with Crippen LogP contribution in [-0.4, -0.2) is 35.3 Å². The second-order valence-corrected chi connectivity index (χ2v) is 23.0. The largest absolute Gasteiger partial charge is 0.343 e. The summed E-state index contributed by atoms with van der Waals surface area (Å²) in [5.74, 6) is 0. The molecule has 1 nitrogen and oxygen atoms in total. The average molecular weight is 274 g/mol. The molecule has 0 unspecified atom stereocenters. The van der Waals surface area contributed by atoms with Gasteiger partial charge in [-0.3, -0.25) is 0 Å². The normalized spacial score (nSPS) is 15.1. The highest BCUT2D eigenvalue weighted by Gasteiger charge is 2.33. The first-order chi connectivity index (χ1) is 6.84. The van der Waals surface area contributed by atoms with E-state index in [0.29, 0.717) is 0 Å². The van der Waals surface area contributed by atoms with E-state index in [2.05, 4.69) is 74.9 Å². The summed E-state index contributed by atoms with van der Waals surface area (Å²) in [6.45, 7) is 23.2. The van der Waals surface area contributed by atoms with Crippen molar-refractivity contribution in [3.05, 3.63) is 11.8 Å². The zero-order valence-electron chi connectivity index (χ0n) is 12.8. The molecule has 0 atom stereocenters. The molecule has 0 saturated carbocycles. The van der Waals surface area contributed by atoms with Gasteiger partial charge in [0.1, 0.15) is 16.5 Å². The maximum Gasteiger partial charge on any atom is 0.112 e. The number of hydrogen-bond acceptors (Lipinski definition) is 1. The lowest BCUT2D eigenvalue weighted by molar-refractivity contribution is 0.688. The van der Waals surface area contributed by atoms with Crippen LogP contribution in [0.25, 0.3) is 0 Å². The summed E-state index contributed by atoms with van der Waals surface area (Å²) in [6, 6.07) is 0. The molecule has 96 valence electrons. The van der Waals surface area contributed by atoms with Crippen molar-refractivity contribution in [3.8, 4) is 0 Å². The topological polar surface area (TPSA) is 3.24 Å². The van der Waals surface area contributed by atoms with Gasteiger partial charge in [0.15, 0.2) is 0 Å². The van der Waals surface area contributed by atoms with E-state index in [4.69, 9.17) is 0 Å². The summed E-state index contributed by atoms with van der Waals surface area (Å²) in [6.07, 6.45) is 2.43. The van der Waals surface area contributed by atoms with Crippen molar-refractivity contribution in [1.82, 2.24) is 4.23 Å². The molecule has 0 rings (SSSR count). The van der Waals surface area contributed by atoms with Crippen LogP contribution in [0.3, 0.4) is 0 Å². The van der Waals surface area contributed by atoms with Gasteiger partial charge in [-0.2, -0.15) is 0 Å². The van der Waals surface area contributed by atoms with E-state index in [9.17, 15) is 0 Å². The molecule has 0 amide bonds. The van der Waals surface area contributed by atoms with Crippen LogP contribution in [0, 0.1) is 0 Å². The molecule has 0 aromatic carbocycles. The Hall–Kier alpha value is 0.351. The fourth-order valence-corrected chi connectivity index (χ4v) is 12.2. The molecule has 4 heteroatoms. The minimum atomic E-state index is -1.16. The minimum absolute atomic E-state index is 1.02. The molecule has 0 spiro atoms. The Bertz CT molecular complexity index is 226. The van der Waals surface area contributed by atoms with Crippen molar-refractivity contribution in [2.75, 3.05) is 6.54 Å². The molecule has 0 saturated heterocycles. The van der Waals surface area contributed by atoms with Crippen molar-refractivity contribution < 1.29 is 0 Å². The Morgan fingerprint density at radius 3 is 1.38 bits per heavy atom. The number of rotatable bonds is 5. The van der Waals surface area contributed by atoms with E-state index in [0.717, 1.165) is 0 Å². The summed E-state index contributed by atoms with van der Waals surface area (Å²) >= 11 is 0. The molecule has 16 heavy (non-hydrogen) atoms. The molecule has 0 aliphatic carbocycles. The molecule has 0 N–H and O–H groups in total. The maximum absolute atomic E-state index is 2.83. The second-order valence-electron chi connectivity index (χ2n) is 7.72. The fraction of sp³-hybridized carbons (Fsp3) is 0.833. The molecule has 0 aliphatic rings. The molecule has 0 aliphatic heterocycles. The lowest BCUT2D eigenvalue weighted by Crippen LogP contribution is -2.59. The highest BCUT2D eigenvalue weighted by Crippen LogP contribution is 2.19. The van der Waals surface area contributed by atoms with Crippen molar-refractivity contribution >= 4 is 24.5 Å². The van der Waals surface area contributed by atoms with Gasteiger partial charge >= 0.3 is 0 Å². The van der Waals surface area contributed by atoms with Gasteiger partial charge in [0.25, 0.3) is 0 Å². The Balaban J connectivity index is 4.67. The van der Waals surface area contributed by atoms with Crippen molar-refractivity contribution in [2.45, 2.75) is 58.9 Å². The highest BCUT2D eigenvalue weighted by molar-refractivity contribution is 6.89. The predicted molar refractivity (Wildman–Crippen MR) is 85.9 cm³/mol. The summed E-state index contributed by atoms with van der Waals surface area (Å²) in [7, 11) is -3.34. The minimum Gasteiger partial charge on any atom is -0.343 e. The molecule has 0 aromatic rings. The first-order valence-corrected chi connectivity index (χ1v) is 16.8. The van der Waals surface area contributed by atoms with Gasteiger partial charge < -0.3 is 4.23 Å². The van der Waals surface area contributed by atoms with Crippen molar-refractivity contribution in [3.63, 3.8) is 0 Å². The van der Waals surface area contributed by atoms with Crippen molar-refractivity contribution in [1.29, 1.82) is 0 Å². The zero-order valence-corrected chi connectivity index (χ0v) is 15.8. The van der Waals surface area contributed by atoms with Crippen LogP contribution in [0.2, 0.25) is 58.9 Å². The van der Waals surface area contributed by atoms with Gasteiger partial charge in [-0.15, -0.1) is 0 Å². The van der Waals surface area contributed by atoms with Crippen LogP contribution >= 0.6 is 0 Å². The van der Waals surface area contributed by atoms with Gasteiger partial charge in [-0.05, 0) is 0 Å². The van der Waals surface area contributed by atoms with Crippen LogP contribution in [0.1, 0.15) is 0 Å². The van der Waals surface area contributed by atoms with Gasteiger partial charge in [0.2, 0.25) is 0 Å². The molecular weight excluding hydrogens is 242 g/mol. The monoisotopic (exact) mass is 273 g/mol. The molecule has 0 aromatic heterocycles. The zero-order chi connectivity index (χ0) is 13.2. The quantitative estimate of drug-likeness (QED) is 0.672. The van der Waals surface area contributed by atoms with Gasteiger partial charge in [-0.1, -0.05) is 70.7 Å². The molecule has 0 fully saturated rings. The molecule has 0 heterocycles. The van der Waals surface area contributed by atoms with Crippen LogP contribution in [0.4, 0.5) is 0 Å². The smallest absolute Gasteiger partial charge is 0.112 e. The third-order valence-electron chi connectivity index (χ3n) is 2.53. The Morgan fingerprint density at radius 2 is 1.12 bits per heavy atom. The lowest BCUT2D eigenvalue weighted by Gasteiger charge is -2.43. The van der Waals surface area contributed by atoms with E-state index >= 15 is 0 Å². The maximum atomic E-state index is 2.83. The van der Waals surface area contributed by atoms with E-state index < -0.39 is 24.5 Å². The van der Waals surface area contributed by atoms with Gasteiger partial charge in [0.05, 0.1) is 8.07 Å².